The first kappa shape index (κ1) is 15.1. The van der Waals surface area contributed by atoms with Gasteiger partial charge < -0.3 is 0 Å². The number of nitro groups is 1. The van der Waals surface area contributed by atoms with Gasteiger partial charge in [0.15, 0.2) is 5.65 Å². The van der Waals surface area contributed by atoms with Crippen molar-refractivity contribution in [3.05, 3.63) is 46.5 Å². The van der Waals surface area contributed by atoms with E-state index in [4.69, 9.17) is 0 Å². The third kappa shape index (κ3) is 2.84. The SMILES string of the molecule is O=[N+]([O-])c1cccc(-c2ccc3nnc(SC4CCCC4)n3n2)c1. The molecule has 0 N–H and O–H groups in total. The summed E-state index contributed by atoms with van der Waals surface area (Å²) in [5.41, 5.74) is 2.11. The van der Waals surface area contributed by atoms with Crippen molar-refractivity contribution in [3.8, 4) is 11.3 Å². The largest absolute Gasteiger partial charge is 0.270 e. The molecule has 0 radical (unpaired) electrons. The third-order valence-corrected chi connectivity index (χ3v) is 5.43. The fourth-order valence-electron chi connectivity index (χ4n) is 2.93. The van der Waals surface area contributed by atoms with Crippen molar-refractivity contribution >= 4 is 23.1 Å². The molecule has 0 aliphatic heterocycles. The highest BCUT2D eigenvalue weighted by molar-refractivity contribution is 7.99. The molecule has 1 aliphatic rings. The van der Waals surface area contributed by atoms with Crippen molar-refractivity contribution in [3.63, 3.8) is 0 Å². The maximum Gasteiger partial charge on any atom is 0.270 e. The average molecular weight is 341 g/mol. The monoisotopic (exact) mass is 341 g/mol. The Labute approximate surface area is 142 Å². The van der Waals surface area contributed by atoms with Gasteiger partial charge in [0.05, 0.1) is 10.6 Å². The van der Waals surface area contributed by atoms with Gasteiger partial charge in [-0.25, -0.2) is 0 Å². The summed E-state index contributed by atoms with van der Waals surface area (Å²) >= 11 is 1.72. The fourth-order valence-corrected chi connectivity index (χ4v) is 4.12. The summed E-state index contributed by atoms with van der Waals surface area (Å²) in [6.45, 7) is 0. The summed E-state index contributed by atoms with van der Waals surface area (Å²) < 4.78 is 1.73. The number of non-ortho nitro benzene ring substituents is 1. The summed E-state index contributed by atoms with van der Waals surface area (Å²) in [4.78, 5) is 10.6. The van der Waals surface area contributed by atoms with E-state index in [2.05, 4.69) is 15.3 Å². The molecular formula is C16H15N5O2S. The summed E-state index contributed by atoms with van der Waals surface area (Å²) in [5.74, 6) is 0. The quantitative estimate of drug-likeness (QED) is 0.531. The smallest absolute Gasteiger partial charge is 0.258 e. The minimum absolute atomic E-state index is 0.0544. The number of aromatic nitrogens is 4. The molecule has 4 rings (SSSR count). The van der Waals surface area contributed by atoms with Crippen LogP contribution in [0.15, 0.2) is 41.6 Å². The van der Waals surface area contributed by atoms with Crippen molar-refractivity contribution < 1.29 is 4.92 Å². The highest BCUT2D eigenvalue weighted by Gasteiger charge is 2.20. The molecular weight excluding hydrogens is 326 g/mol. The zero-order valence-electron chi connectivity index (χ0n) is 12.8. The molecule has 2 heterocycles. The van der Waals surface area contributed by atoms with E-state index in [1.54, 1.807) is 22.3 Å². The molecule has 8 heteroatoms. The zero-order valence-corrected chi connectivity index (χ0v) is 13.6. The second-order valence-corrected chi connectivity index (χ2v) is 7.07. The normalized spacial score (nSPS) is 15.2. The van der Waals surface area contributed by atoms with Gasteiger partial charge in [-0.2, -0.15) is 9.61 Å². The number of nitro benzene ring substituents is 1. The maximum atomic E-state index is 11.0. The lowest BCUT2D eigenvalue weighted by molar-refractivity contribution is -0.384. The van der Waals surface area contributed by atoms with Gasteiger partial charge in [-0.3, -0.25) is 10.1 Å². The maximum absolute atomic E-state index is 11.0. The van der Waals surface area contributed by atoms with Crippen molar-refractivity contribution in [1.82, 2.24) is 19.8 Å². The Bertz CT molecular complexity index is 904. The second-order valence-electron chi connectivity index (χ2n) is 5.80. The van der Waals surface area contributed by atoms with Crippen LogP contribution in [-0.4, -0.2) is 30.0 Å². The van der Waals surface area contributed by atoms with E-state index in [-0.39, 0.29) is 5.69 Å². The Hall–Kier alpha value is -2.48. The second kappa shape index (κ2) is 6.20. The summed E-state index contributed by atoms with van der Waals surface area (Å²) in [5, 5.41) is 25.3. The minimum Gasteiger partial charge on any atom is -0.258 e. The van der Waals surface area contributed by atoms with Gasteiger partial charge in [0.1, 0.15) is 0 Å². The predicted octanol–water partition coefficient (Wildman–Crippen LogP) is 3.73. The molecule has 0 spiro atoms. The van der Waals surface area contributed by atoms with E-state index in [1.807, 2.05) is 18.2 Å². The van der Waals surface area contributed by atoms with E-state index in [1.165, 1.54) is 37.8 Å². The molecule has 0 amide bonds. The van der Waals surface area contributed by atoms with Crippen molar-refractivity contribution in [2.45, 2.75) is 36.1 Å². The first-order chi connectivity index (χ1) is 11.7. The van der Waals surface area contributed by atoms with Crippen LogP contribution < -0.4 is 0 Å². The van der Waals surface area contributed by atoms with Crippen LogP contribution in [0, 0.1) is 10.1 Å². The third-order valence-electron chi connectivity index (χ3n) is 4.16. The van der Waals surface area contributed by atoms with Gasteiger partial charge in [0, 0.05) is 22.9 Å². The number of hydrogen-bond acceptors (Lipinski definition) is 6. The Morgan fingerprint density at radius 2 is 2.00 bits per heavy atom. The number of hydrogen-bond donors (Lipinski definition) is 0. The number of rotatable bonds is 4. The van der Waals surface area contributed by atoms with Gasteiger partial charge >= 0.3 is 0 Å². The average Bonchev–Trinajstić information content (AvgIpc) is 3.25. The molecule has 7 nitrogen and oxygen atoms in total. The number of fused-ring (bicyclic) bond motifs is 1. The molecule has 122 valence electrons. The molecule has 2 aromatic heterocycles. The zero-order chi connectivity index (χ0) is 16.5. The molecule has 24 heavy (non-hydrogen) atoms. The molecule has 3 aromatic rings. The minimum atomic E-state index is -0.401. The van der Waals surface area contributed by atoms with E-state index < -0.39 is 4.92 Å². The fraction of sp³-hybridized carbons (Fsp3) is 0.312. The molecule has 0 unspecified atom stereocenters. The summed E-state index contributed by atoms with van der Waals surface area (Å²) in [6.07, 6.45) is 4.93. The lowest BCUT2D eigenvalue weighted by Gasteiger charge is -2.07. The molecule has 0 bridgehead atoms. The van der Waals surface area contributed by atoms with Crippen molar-refractivity contribution in [1.29, 1.82) is 0 Å². The highest BCUT2D eigenvalue weighted by atomic mass is 32.2. The van der Waals surface area contributed by atoms with Crippen LogP contribution in [0.25, 0.3) is 16.9 Å². The Balaban J connectivity index is 1.71. The Kier molecular flexibility index (Phi) is 3.89. The van der Waals surface area contributed by atoms with E-state index >= 15 is 0 Å². The Morgan fingerprint density at radius 3 is 2.79 bits per heavy atom. The number of benzene rings is 1. The highest BCUT2D eigenvalue weighted by Crippen LogP contribution is 2.34. The molecule has 1 saturated carbocycles. The van der Waals surface area contributed by atoms with Gasteiger partial charge in [0.25, 0.3) is 5.69 Å². The molecule has 1 fully saturated rings. The van der Waals surface area contributed by atoms with E-state index in [0.717, 1.165) is 5.16 Å². The first-order valence-electron chi connectivity index (χ1n) is 7.85. The van der Waals surface area contributed by atoms with Crippen molar-refractivity contribution in [2.24, 2.45) is 0 Å². The van der Waals surface area contributed by atoms with Crippen LogP contribution in [0.3, 0.4) is 0 Å². The lowest BCUT2D eigenvalue weighted by atomic mass is 10.1. The Morgan fingerprint density at radius 1 is 1.17 bits per heavy atom. The summed E-state index contributed by atoms with van der Waals surface area (Å²) in [7, 11) is 0. The predicted molar refractivity (Wildman–Crippen MR) is 91.0 cm³/mol. The standard InChI is InChI=1S/C16H15N5O2S/c22-21(23)12-5-3-4-11(10-12)14-8-9-15-17-18-16(20(15)19-14)24-13-6-1-2-7-13/h3-5,8-10,13H,1-2,6-7H2. The molecule has 0 atom stereocenters. The van der Waals surface area contributed by atoms with Gasteiger partial charge in [-0.05, 0) is 25.0 Å². The van der Waals surface area contributed by atoms with Gasteiger partial charge in [-0.15, -0.1) is 10.2 Å². The number of nitrogens with zero attached hydrogens (tertiary/aromatic N) is 5. The van der Waals surface area contributed by atoms with Crippen LogP contribution in [0.2, 0.25) is 0 Å². The van der Waals surface area contributed by atoms with Crippen LogP contribution in [0.5, 0.6) is 0 Å². The molecule has 1 aliphatic carbocycles. The molecule has 0 saturated heterocycles. The van der Waals surface area contributed by atoms with Crippen LogP contribution in [-0.2, 0) is 0 Å². The topological polar surface area (TPSA) is 86.2 Å². The molecule has 1 aromatic carbocycles. The van der Waals surface area contributed by atoms with E-state index in [9.17, 15) is 10.1 Å². The summed E-state index contributed by atoms with van der Waals surface area (Å²) in [6, 6.07) is 10.1. The van der Waals surface area contributed by atoms with Crippen molar-refractivity contribution in [2.75, 3.05) is 0 Å². The van der Waals surface area contributed by atoms with Gasteiger partial charge in [0.2, 0.25) is 5.16 Å². The van der Waals surface area contributed by atoms with Crippen LogP contribution >= 0.6 is 11.8 Å². The lowest BCUT2D eigenvalue weighted by Crippen LogP contribution is -2.00. The van der Waals surface area contributed by atoms with Crippen LogP contribution in [0.4, 0.5) is 5.69 Å². The number of thioether (sulfide) groups is 1. The first-order valence-corrected chi connectivity index (χ1v) is 8.72. The van der Waals surface area contributed by atoms with Crippen LogP contribution in [0.1, 0.15) is 25.7 Å². The van der Waals surface area contributed by atoms with Gasteiger partial charge in [-0.1, -0.05) is 36.7 Å². The van der Waals surface area contributed by atoms with E-state index in [0.29, 0.717) is 22.2 Å².